The van der Waals surface area contributed by atoms with Crippen molar-refractivity contribution in [3.63, 3.8) is 0 Å². The lowest BCUT2D eigenvalue weighted by Crippen LogP contribution is -2.45. The second kappa shape index (κ2) is 7.66. The van der Waals surface area contributed by atoms with Crippen molar-refractivity contribution >= 4 is 17.3 Å². The lowest BCUT2D eigenvalue weighted by Gasteiger charge is -2.38. The standard InChI is InChI=1S/C20H28N4OS/c1-6-21-19(22-12-18-23-13(2)14(3)26-18)24-16-11-20(4,5)25-17-10-8-7-9-15(16)17/h7-10,16H,6,11-12H2,1-5H3,(H2,21,22,24). The van der Waals surface area contributed by atoms with Gasteiger partial charge in [0.25, 0.3) is 0 Å². The monoisotopic (exact) mass is 372 g/mol. The first kappa shape index (κ1) is 18.7. The molecule has 1 aliphatic heterocycles. The van der Waals surface area contributed by atoms with Gasteiger partial charge in [-0.3, -0.25) is 0 Å². The molecule has 0 saturated heterocycles. The Bertz CT molecular complexity index is 777. The molecule has 0 amide bonds. The van der Waals surface area contributed by atoms with E-state index in [0.29, 0.717) is 6.54 Å². The lowest BCUT2D eigenvalue weighted by molar-refractivity contribution is 0.0694. The molecular weight excluding hydrogens is 344 g/mol. The van der Waals surface area contributed by atoms with E-state index in [1.54, 1.807) is 11.3 Å². The Morgan fingerprint density at radius 3 is 2.81 bits per heavy atom. The number of thiazole rings is 1. The van der Waals surface area contributed by atoms with Gasteiger partial charge in [-0.25, -0.2) is 9.98 Å². The maximum atomic E-state index is 6.13. The Morgan fingerprint density at radius 2 is 2.12 bits per heavy atom. The van der Waals surface area contributed by atoms with Gasteiger partial charge in [0.2, 0.25) is 0 Å². The number of aliphatic imine (C=N–C) groups is 1. The van der Waals surface area contributed by atoms with Gasteiger partial charge in [0.15, 0.2) is 5.96 Å². The average Bonchev–Trinajstić information content (AvgIpc) is 2.90. The molecule has 1 aromatic heterocycles. The highest BCUT2D eigenvalue weighted by molar-refractivity contribution is 7.11. The topological polar surface area (TPSA) is 58.5 Å². The fourth-order valence-electron chi connectivity index (χ4n) is 3.17. The van der Waals surface area contributed by atoms with Crippen LogP contribution >= 0.6 is 11.3 Å². The van der Waals surface area contributed by atoms with Crippen molar-refractivity contribution < 1.29 is 4.74 Å². The summed E-state index contributed by atoms with van der Waals surface area (Å²) in [6.45, 7) is 11.9. The van der Waals surface area contributed by atoms with Crippen LogP contribution in [0.25, 0.3) is 0 Å². The molecule has 0 fully saturated rings. The molecule has 140 valence electrons. The molecule has 26 heavy (non-hydrogen) atoms. The second-order valence-corrected chi connectivity index (χ2v) is 8.53. The molecular formula is C20H28N4OS. The molecule has 6 heteroatoms. The fraction of sp³-hybridized carbons (Fsp3) is 0.500. The zero-order valence-corrected chi connectivity index (χ0v) is 17.0. The molecule has 0 radical (unpaired) electrons. The van der Waals surface area contributed by atoms with Crippen molar-refractivity contribution in [1.82, 2.24) is 15.6 Å². The van der Waals surface area contributed by atoms with Gasteiger partial charge in [-0.05, 0) is 40.7 Å². The van der Waals surface area contributed by atoms with E-state index in [0.717, 1.165) is 35.4 Å². The van der Waals surface area contributed by atoms with E-state index in [-0.39, 0.29) is 11.6 Å². The van der Waals surface area contributed by atoms with Gasteiger partial charge in [-0.2, -0.15) is 0 Å². The van der Waals surface area contributed by atoms with Crippen LogP contribution < -0.4 is 15.4 Å². The van der Waals surface area contributed by atoms with E-state index in [1.165, 1.54) is 10.4 Å². The van der Waals surface area contributed by atoms with Gasteiger partial charge in [-0.1, -0.05) is 18.2 Å². The SMILES string of the molecule is CCNC(=NCc1nc(C)c(C)s1)NC1CC(C)(C)Oc2ccccc21. The first-order valence-corrected chi connectivity index (χ1v) is 9.95. The molecule has 5 nitrogen and oxygen atoms in total. The zero-order chi connectivity index (χ0) is 18.7. The fourth-order valence-corrected chi connectivity index (χ4v) is 4.03. The van der Waals surface area contributed by atoms with Crippen LogP contribution in [-0.4, -0.2) is 23.1 Å². The van der Waals surface area contributed by atoms with E-state index in [2.05, 4.69) is 55.4 Å². The summed E-state index contributed by atoms with van der Waals surface area (Å²) in [6, 6.07) is 8.40. The lowest BCUT2D eigenvalue weighted by atomic mass is 9.90. The van der Waals surface area contributed by atoms with Crippen molar-refractivity contribution in [3.05, 3.63) is 45.4 Å². The number of aromatic nitrogens is 1. The first-order valence-electron chi connectivity index (χ1n) is 9.13. The number of para-hydroxylation sites is 1. The molecule has 1 aliphatic rings. The highest BCUT2D eigenvalue weighted by atomic mass is 32.1. The molecule has 2 aromatic rings. The van der Waals surface area contributed by atoms with Gasteiger partial charge < -0.3 is 15.4 Å². The van der Waals surface area contributed by atoms with Crippen LogP contribution in [0.5, 0.6) is 5.75 Å². The predicted molar refractivity (Wildman–Crippen MR) is 108 cm³/mol. The number of hydrogen-bond donors (Lipinski definition) is 2. The second-order valence-electron chi connectivity index (χ2n) is 7.24. The van der Waals surface area contributed by atoms with Gasteiger partial charge in [0.05, 0.1) is 18.3 Å². The molecule has 2 N–H and O–H groups in total. The summed E-state index contributed by atoms with van der Waals surface area (Å²) >= 11 is 1.72. The van der Waals surface area contributed by atoms with Crippen molar-refractivity contribution in [3.8, 4) is 5.75 Å². The molecule has 1 unspecified atom stereocenters. The number of fused-ring (bicyclic) bond motifs is 1. The summed E-state index contributed by atoms with van der Waals surface area (Å²) in [4.78, 5) is 10.6. The number of nitrogens with zero attached hydrogens (tertiary/aromatic N) is 2. The summed E-state index contributed by atoms with van der Waals surface area (Å²) in [7, 11) is 0. The summed E-state index contributed by atoms with van der Waals surface area (Å²) in [6.07, 6.45) is 0.879. The zero-order valence-electron chi connectivity index (χ0n) is 16.2. The average molecular weight is 373 g/mol. The van der Waals surface area contributed by atoms with Crippen LogP contribution in [0.3, 0.4) is 0 Å². The largest absolute Gasteiger partial charge is 0.487 e. The third kappa shape index (κ3) is 4.36. The van der Waals surface area contributed by atoms with Crippen molar-refractivity contribution in [1.29, 1.82) is 0 Å². The smallest absolute Gasteiger partial charge is 0.192 e. The molecule has 1 atom stereocenters. The molecule has 2 heterocycles. The van der Waals surface area contributed by atoms with Crippen molar-refractivity contribution in [2.45, 2.75) is 59.2 Å². The molecule has 0 aliphatic carbocycles. The Balaban J connectivity index is 1.80. The highest BCUT2D eigenvalue weighted by Crippen LogP contribution is 2.39. The van der Waals surface area contributed by atoms with Crippen LogP contribution in [0.1, 0.15) is 54.4 Å². The molecule has 3 rings (SSSR count). The highest BCUT2D eigenvalue weighted by Gasteiger charge is 2.33. The van der Waals surface area contributed by atoms with Gasteiger partial charge >= 0.3 is 0 Å². The van der Waals surface area contributed by atoms with Gasteiger partial charge in [0.1, 0.15) is 16.4 Å². The number of benzene rings is 1. The maximum Gasteiger partial charge on any atom is 0.192 e. The molecule has 0 saturated carbocycles. The Labute approximate surface area is 159 Å². The molecule has 0 bridgehead atoms. The third-order valence-corrected chi connectivity index (χ3v) is 5.53. The summed E-state index contributed by atoms with van der Waals surface area (Å²) in [5.41, 5.74) is 2.06. The maximum absolute atomic E-state index is 6.13. The number of aryl methyl sites for hydroxylation is 2. The molecule has 1 aromatic carbocycles. The summed E-state index contributed by atoms with van der Waals surface area (Å²) in [5, 5.41) is 8.00. The normalized spacial score (nSPS) is 18.8. The van der Waals surface area contributed by atoms with E-state index >= 15 is 0 Å². The minimum absolute atomic E-state index is 0.160. The summed E-state index contributed by atoms with van der Waals surface area (Å²) < 4.78 is 6.13. The van der Waals surface area contributed by atoms with Crippen LogP contribution in [0.2, 0.25) is 0 Å². The quantitative estimate of drug-likeness (QED) is 0.626. The summed E-state index contributed by atoms with van der Waals surface area (Å²) in [5.74, 6) is 1.76. The van der Waals surface area contributed by atoms with Crippen LogP contribution in [-0.2, 0) is 6.54 Å². The van der Waals surface area contributed by atoms with E-state index in [4.69, 9.17) is 9.73 Å². The Kier molecular flexibility index (Phi) is 5.51. The first-order chi connectivity index (χ1) is 12.4. The van der Waals surface area contributed by atoms with Crippen molar-refractivity contribution in [2.75, 3.05) is 6.54 Å². The van der Waals surface area contributed by atoms with E-state index < -0.39 is 0 Å². The minimum atomic E-state index is -0.215. The molecule has 0 spiro atoms. The van der Waals surface area contributed by atoms with E-state index in [9.17, 15) is 0 Å². The van der Waals surface area contributed by atoms with Gasteiger partial charge in [-0.15, -0.1) is 11.3 Å². The minimum Gasteiger partial charge on any atom is -0.487 e. The third-order valence-electron chi connectivity index (χ3n) is 4.48. The number of nitrogens with one attached hydrogen (secondary N) is 2. The van der Waals surface area contributed by atoms with Crippen LogP contribution in [0, 0.1) is 13.8 Å². The number of ether oxygens (including phenoxy) is 1. The number of rotatable bonds is 4. The van der Waals surface area contributed by atoms with E-state index in [1.807, 2.05) is 19.1 Å². The van der Waals surface area contributed by atoms with Gasteiger partial charge in [0, 0.05) is 23.4 Å². The predicted octanol–water partition coefficient (Wildman–Crippen LogP) is 4.12. The van der Waals surface area contributed by atoms with Crippen molar-refractivity contribution in [2.24, 2.45) is 4.99 Å². The Morgan fingerprint density at radius 1 is 1.35 bits per heavy atom. The number of guanidine groups is 1. The number of hydrogen-bond acceptors (Lipinski definition) is 4. The van der Waals surface area contributed by atoms with Crippen LogP contribution in [0.4, 0.5) is 0 Å². The Hall–Kier alpha value is -2.08. The van der Waals surface area contributed by atoms with Crippen LogP contribution in [0.15, 0.2) is 29.3 Å².